The molecule has 0 bridgehead atoms. The van der Waals surface area contributed by atoms with Gasteiger partial charge in [-0.25, -0.2) is 4.98 Å². The van der Waals surface area contributed by atoms with Gasteiger partial charge in [0.15, 0.2) is 0 Å². The molecule has 0 fully saturated rings. The van der Waals surface area contributed by atoms with Crippen LogP contribution >= 0.6 is 11.6 Å². The molecule has 0 unspecified atom stereocenters. The summed E-state index contributed by atoms with van der Waals surface area (Å²) in [6, 6.07) is 8.07. The van der Waals surface area contributed by atoms with E-state index >= 15 is 0 Å². The third-order valence-corrected chi connectivity index (χ3v) is 3.02. The van der Waals surface area contributed by atoms with Crippen LogP contribution in [0.2, 0.25) is 5.15 Å². The highest BCUT2D eigenvalue weighted by Gasteiger charge is 2.09. The van der Waals surface area contributed by atoms with Crippen molar-refractivity contribution in [1.29, 1.82) is 0 Å². The van der Waals surface area contributed by atoms with Crippen LogP contribution in [-0.4, -0.2) is 17.1 Å². The minimum Gasteiger partial charge on any atom is -0.497 e. The van der Waals surface area contributed by atoms with Crippen molar-refractivity contribution in [2.45, 2.75) is 19.3 Å². The van der Waals surface area contributed by atoms with E-state index in [-0.39, 0.29) is 0 Å². The van der Waals surface area contributed by atoms with Gasteiger partial charge in [-0.05, 0) is 30.0 Å². The van der Waals surface area contributed by atoms with Crippen LogP contribution in [0.25, 0.3) is 0 Å². The Morgan fingerprint density at radius 1 is 1.33 bits per heavy atom. The van der Waals surface area contributed by atoms with E-state index in [9.17, 15) is 0 Å². The normalized spacial score (nSPS) is 12.2. The summed E-state index contributed by atoms with van der Waals surface area (Å²) in [6.07, 6.45) is 4.10. The topological polar surface area (TPSA) is 35.0 Å². The van der Waals surface area contributed by atoms with Gasteiger partial charge in [0, 0.05) is 6.20 Å². The van der Waals surface area contributed by atoms with Gasteiger partial charge in [0.2, 0.25) is 0 Å². The van der Waals surface area contributed by atoms with Crippen LogP contribution < -0.4 is 4.74 Å². The number of hydrogen-bond acceptors (Lipinski definition) is 3. The first-order chi connectivity index (χ1) is 8.69. The predicted octanol–water partition coefficient (Wildman–Crippen LogP) is 3.48. The van der Waals surface area contributed by atoms with Crippen molar-refractivity contribution in [3.63, 3.8) is 0 Å². The fourth-order valence-corrected chi connectivity index (χ4v) is 2.02. The minimum absolute atomic E-state index is 0.341. The smallest absolute Gasteiger partial charge is 0.147 e. The van der Waals surface area contributed by atoms with Crippen molar-refractivity contribution in [2.75, 3.05) is 7.11 Å². The zero-order valence-corrected chi connectivity index (χ0v) is 11.2. The molecule has 1 aromatic carbocycles. The highest BCUT2D eigenvalue weighted by atomic mass is 35.5. The van der Waals surface area contributed by atoms with Gasteiger partial charge >= 0.3 is 0 Å². The maximum absolute atomic E-state index is 5.83. The number of ether oxygens (including phenoxy) is 1. The van der Waals surface area contributed by atoms with Crippen molar-refractivity contribution in [1.82, 2.24) is 9.97 Å². The van der Waals surface area contributed by atoms with E-state index in [1.54, 1.807) is 19.5 Å². The molecule has 0 aliphatic carbocycles. The second-order valence-corrected chi connectivity index (χ2v) is 4.60. The molecule has 0 radical (unpaired) electrons. The zero-order valence-electron chi connectivity index (χ0n) is 10.4. The zero-order chi connectivity index (χ0) is 13.0. The maximum Gasteiger partial charge on any atom is 0.147 e. The summed E-state index contributed by atoms with van der Waals surface area (Å²) in [5.74, 6) is 1.21. The highest BCUT2D eigenvalue weighted by Crippen LogP contribution is 2.23. The van der Waals surface area contributed by atoms with E-state index in [1.807, 2.05) is 18.2 Å². The molecule has 1 heterocycles. The van der Waals surface area contributed by atoms with Crippen LogP contribution in [0.15, 0.2) is 36.7 Å². The van der Waals surface area contributed by atoms with E-state index in [1.165, 1.54) is 5.56 Å². The third-order valence-electron chi connectivity index (χ3n) is 2.83. The van der Waals surface area contributed by atoms with E-state index in [0.29, 0.717) is 11.1 Å². The SMILES string of the molecule is COc1cccc([C@@H](C)Cc2cncc(Cl)n2)c1. The molecule has 2 rings (SSSR count). The summed E-state index contributed by atoms with van der Waals surface area (Å²) in [4.78, 5) is 8.30. The molecule has 94 valence electrons. The molecule has 0 spiro atoms. The molecule has 0 saturated heterocycles. The minimum atomic E-state index is 0.341. The molecule has 3 nitrogen and oxygen atoms in total. The van der Waals surface area contributed by atoms with Crippen molar-refractivity contribution < 1.29 is 4.74 Å². The number of methoxy groups -OCH3 is 1. The standard InChI is InChI=1S/C14H15ClN2O/c1-10(6-12-8-16-9-14(15)17-12)11-4-3-5-13(7-11)18-2/h3-5,7-10H,6H2,1-2H3/t10-/m0/s1. The molecule has 4 heteroatoms. The van der Waals surface area contributed by atoms with Crippen LogP contribution in [0.5, 0.6) is 5.75 Å². The third kappa shape index (κ3) is 3.20. The predicted molar refractivity (Wildman–Crippen MR) is 72.2 cm³/mol. The van der Waals surface area contributed by atoms with E-state index < -0.39 is 0 Å². The molecule has 18 heavy (non-hydrogen) atoms. The Bertz CT molecular complexity index is 531. The Hall–Kier alpha value is -1.61. The van der Waals surface area contributed by atoms with Crippen LogP contribution in [-0.2, 0) is 6.42 Å². The number of rotatable bonds is 4. The number of nitrogens with zero attached hydrogens (tertiary/aromatic N) is 2. The Balaban J connectivity index is 2.13. The van der Waals surface area contributed by atoms with Crippen LogP contribution in [0, 0.1) is 0 Å². The summed E-state index contributed by atoms with van der Waals surface area (Å²) in [6.45, 7) is 2.15. The first-order valence-electron chi connectivity index (χ1n) is 5.79. The number of aromatic nitrogens is 2. The number of benzene rings is 1. The maximum atomic E-state index is 5.83. The average Bonchev–Trinajstić information content (AvgIpc) is 2.39. The Kier molecular flexibility index (Phi) is 4.15. The highest BCUT2D eigenvalue weighted by molar-refractivity contribution is 6.29. The molecule has 2 aromatic rings. The van der Waals surface area contributed by atoms with Crippen LogP contribution in [0.3, 0.4) is 0 Å². The lowest BCUT2D eigenvalue weighted by Crippen LogP contribution is -2.01. The summed E-state index contributed by atoms with van der Waals surface area (Å²) >= 11 is 5.83. The monoisotopic (exact) mass is 262 g/mol. The van der Waals surface area contributed by atoms with Gasteiger partial charge in [0.05, 0.1) is 19.0 Å². The molecule has 0 aliphatic rings. The summed E-state index contributed by atoms with van der Waals surface area (Å²) in [5, 5.41) is 0.436. The van der Waals surface area contributed by atoms with E-state index in [0.717, 1.165) is 17.9 Å². The Labute approximate surface area is 112 Å². The first-order valence-corrected chi connectivity index (χ1v) is 6.17. The summed E-state index contributed by atoms with van der Waals surface area (Å²) in [7, 11) is 1.67. The van der Waals surface area contributed by atoms with Gasteiger partial charge in [0.25, 0.3) is 0 Å². The van der Waals surface area contributed by atoms with Gasteiger partial charge in [-0.2, -0.15) is 0 Å². The van der Waals surface area contributed by atoms with Gasteiger partial charge < -0.3 is 4.74 Å². The second-order valence-electron chi connectivity index (χ2n) is 4.21. The first kappa shape index (κ1) is 12.8. The lowest BCUT2D eigenvalue weighted by molar-refractivity contribution is 0.414. The molecular weight excluding hydrogens is 248 g/mol. The molecule has 0 saturated carbocycles. The average molecular weight is 263 g/mol. The fourth-order valence-electron chi connectivity index (χ4n) is 1.86. The number of hydrogen-bond donors (Lipinski definition) is 0. The van der Waals surface area contributed by atoms with Gasteiger partial charge in [0.1, 0.15) is 10.9 Å². The number of halogens is 1. The molecule has 1 aromatic heterocycles. The Morgan fingerprint density at radius 2 is 2.17 bits per heavy atom. The molecule has 0 aliphatic heterocycles. The van der Waals surface area contributed by atoms with Crippen molar-refractivity contribution in [3.05, 3.63) is 53.1 Å². The van der Waals surface area contributed by atoms with E-state index in [4.69, 9.17) is 16.3 Å². The lowest BCUT2D eigenvalue weighted by atomic mass is 9.96. The quantitative estimate of drug-likeness (QED) is 0.846. The van der Waals surface area contributed by atoms with Crippen molar-refractivity contribution >= 4 is 11.6 Å². The van der Waals surface area contributed by atoms with Gasteiger partial charge in [-0.3, -0.25) is 4.98 Å². The Morgan fingerprint density at radius 3 is 2.89 bits per heavy atom. The lowest BCUT2D eigenvalue weighted by Gasteiger charge is -2.12. The molecular formula is C14H15ClN2O. The molecule has 1 atom stereocenters. The largest absolute Gasteiger partial charge is 0.497 e. The molecule has 0 N–H and O–H groups in total. The van der Waals surface area contributed by atoms with Crippen molar-refractivity contribution in [3.8, 4) is 5.75 Å². The van der Waals surface area contributed by atoms with Crippen LogP contribution in [0.1, 0.15) is 24.1 Å². The molecule has 0 amide bonds. The second kappa shape index (κ2) is 5.83. The van der Waals surface area contributed by atoms with E-state index in [2.05, 4.69) is 23.0 Å². The fraction of sp³-hybridized carbons (Fsp3) is 0.286. The summed E-state index contributed by atoms with van der Waals surface area (Å²) in [5.41, 5.74) is 2.12. The van der Waals surface area contributed by atoms with Crippen LogP contribution in [0.4, 0.5) is 0 Å². The van der Waals surface area contributed by atoms with Gasteiger partial charge in [-0.15, -0.1) is 0 Å². The van der Waals surface area contributed by atoms with Crippen molar-refractivity contribution in [2.24, 2.45) is 0 Å². The summed E-state index contributed by atoms with van der Waals surface area (Å²) < 4.78 is 5.23. The van der Waals surface area contributed by atoms with Gasteiger partial charge in [-0.1, -0.05) is 30.7 Å².